The van der Waals surface area contributed by atoms with Crippen LogP contribution in [0.2, 0.25) is 0 Å². The van der Waals surface area contributed by atoms with Crippen molar-refractivity contribution in [3.63, 3.8) is 0 Å². The molecule has 0 saturated heterocycles. The molecular weight excluding hydrogens is 174 g/mol. The van der Waals surface area contributed by atoms with Gasteiger partial charge in [-0.2, -0.15) is 0 Å². The molecule has 2 aromatic rings. The number of benzene rings is 1. The summed E-state index contributed by atoms with van der Waals surface area (Å²) in [6.45, 7) is 4.28. The van der Waals surface area contributed by atoms with Crippen molar-refractivity contribution in [1.29, 1.82) is 0 Å². The van der Waals surface area contributed by atoms with Crippen LogP contribution in [0.15, 0.2) is 16.7 Å². The zero-order chi connectivity index (χ0) is 9.71. The molecule has 0 saturated carbocycles. The maximum atomic E-state index is 5.39. The Hall–Kier alpha value is -1.31. The summed E-state index contributed by atoms with van der Waals surface area (Å²) in [6, 6.07) is 4.36. The molecule has 72 valence electrons. The topological polar surface area (TPSA) is 26.0 Å². The number of hydrogen-bond donors (Lipinski definition) is 0. The molecule has 2 nitrogen and oxygen atoms in total. The quantitative estimate of drug-likeness (QED) is 0.633. The zero-order valence-corrected chi connectivity index (χ0v) is 8.50. The molecule has 0 amide bonds. The Kier molecular flexibility index (Phi) is 1.49. The first-order valence-corrected chi connectivity index (χ1v) is 5.12. The second-order valence-corrected chi connectivity index (χ2v) is 4.36. The van der Waals surface area contributed by atoms with Gasteiger partial charge in [0.05, 0.1) is 5.69 Å². The van der Waals surface area contributed by atoms with E-state index in [1.807, 2.05) is 6.92 Å². The van der Waals surface area contributed by atoms with E-state index >= 15 is 0 Å². The molecule has 0 unspecified atom stereocenters. The molecule has 0 bridgehead atoms. The van der Waals surface area contributed by atoms with Gasteiger partial charge in [0.1, 0.15) is 0 Å². The molecule has 1 atom stereocenters. The van der Waals surface area contributed by atoms with Gasteiger partial charge in [0.2, 0.25) is 0 Å². The van der Waals surface area contributed by atoms with E-state index < -0.39 is 0 Å². The highest BCUT2D eigenvalue weighted by atomic mass is 16.5. The minimum atomic E-state index is 0.751. The first-order valence-electron chi connectivity index (χ1n) is 5.12. The van der Waals surface area contributed by atoms with Gasteiger partial charge in [-0.15, -0.1) is 0 Å². The molecule has 0 N–H and O–H groups in total. The van der Waals surface area contributed by atoms with Gasteiger partial charge in [-0.3, -0.25) is 0 Å². The van der Waals surface area contributed by atoms with Gasteiger partial charge < -0.3 is 4.52 Å². The Bertz CT molecular complexity index is 498. The van der Waals surface area contributed by atoms with Crippen molar-refractivity contribution in [3.05, 3.63) is 29.0 Å². The molecule has 1 aliphatic carbocycles. The molecule has 3 rings (SSSR count). The van der Waals surface area contributed by atoms with E-state index in [1.165, 1.54) is 22.9 Å². The van der Waals surface area contributed by atoms with E-state index in [4.69, 9.17) is 4.52 Å². The number of fused-ring (bicyclic) bond motifs is 3. The van der Waals surface area contributed by atoms with Crippen LogP contribution in [0.4, 0.5) is 0 Å². The van der Waals surface area contributed by atoms with Crippen molar-refractivity contribution in [2.45, 2.75) is 26.7 Å². The van der Waals surface area contributed by atoms with Crippen LogP contribution in [0.1, 0.15) is 23.7 Å². The van der Waals surface area contributed by atoms with Crippen LogP contribution in [0.25, 0.3) is 11.0 Å². The molecule has 0 aliphatic heterocycles. The lowest BCUT2D eigenvalue weighted by molar-refractivity contribution is 0.447. The third-order valence-corrected chi connectivity index (χ3v) is 3.14. The fourth-order valence-electron chi connectivity index (χ4n) is 2.43. The Morgan fingerprint density at radius 1 is 1.36 bits per heavy atom. The highest BCUT2D eigenvalue weighted by molar-refractivity contribution is 5.83. The first-order chi connectivity index (χ1) is 6.75. The first kappa shape index (κ1) is 8.04. The predicted molar refractivity (Wildman–Crippen MR) is 55.3 cm³/mol. The minimum Gasteiger partial charge on any atom is -0.356 e. The number of nitrogens with zero attached hydrogens (tertiary/aromatic N) is 1. The van der Waals surface area contributed by atoms with Gasteiger partial charge in [-0.1, -0.05) is 18.1 Å². The average molecular weight is 187 g/mol. The van der Waals surface area contributed by atoms with Crippen molar-refractivity contribution < 1.29 is 4.52 Å². The summed E-state index contributed by atoms with van der Waals surface area (Å²) in [5.41, 5.74) is 4.85. The SMILES string of the molecule is Cc1noc2c3c(ccc12)C[C@H](C)C3. The van der Waals surface area contributed by atoms with Crippen molar-refractivity contribution in [2.24, 2.45) is 5.92 Å². The molecule has 1 heterocycles. The Labute approximate surface area is 82.9 Å². The van der Waals surface area contributed by atoms with Crippen LogP contribution in [0, 0.1) is 12.8 Å². The smallest absolute Gasteiger partial charge is 0.170 e. The molecule has 0 fully saturated rings. The van der Waals surface area contributed by atoms with E-state index in [-0.39, 0.29) is 0 Å². The lowest BCUT2D eigenvalue weighted by Crippen LogP contribution is -1.89. The van der Waals surface area contributed by atoms with Gasteiger partial charge in [0.25, 0.3) is 0 Å². The van der Waals surface area contributed by atoms with Crippen LogP contribution in [-0.4, -0.2) is 5.16 Å². The highest BCUT2D eigenvalue weighted by Crippen LogP contribution is 2.33. The lowest BCUT2D eigenvalue weighted by Gasteiger charge is -1.97. The maximum Gasteiger partial charge on any atom is 0.170 e. The molecule has 0 spiro atoms. The number of aryl methyl sites for hydroxylation is 1. The Balaban J connectivity index is 2.34. The molecule has 1 aromatic carbocycles. The standard InChI is InChI=1S/C12H13NO/c1-7-5-9-3-4-10-8(2)13-14-12(10)11(9)6-7/h3-4,7H,5-6H2,1-2H3/t7-/m0/s1. The molecule has 2 heteroatoms. The largest absolute Gasteiger partial charge is 0.356 e. The normalized spacial score (nSPS) is 20.3. The summed E-state index contributed by atoms with van der Waals surface area (Å²) < 4.78 is 5.39. The lowest BCUT2D eigenvalue weighted by atomic mass is 10.1. The summed E-state index contributed by atoms with van der Waals surface area (Å²) >= 11 is 0. The zero-order valence-electron chi connectivity index (χ0n) is 8.50. The van der Waals surface area contributed by atoms with Crippen molar-refractivity contribution in [3.8, 4) is 0 Å². The van der Waals surface area contributed by atoms with Gasteiger partial charge in [0.15, 0.2) is 5.58 Å². The van der Waals surface area contributed by atoms with Crippen molar-refractivity contribution in [2.75, 3.05) is 0 Å². The van der Waals surface area contributed by atoms with Crippen LogP contribution in [0.5, 0.6) is 0 Å². The monoisotopic (exact) mass is 187 g/mol. The molecule has 1 aliphatic rings. The van der Waals surface area contributed by atoms with Gasteiger partial charge in [-0.05, 0) is 37.3 Å². The molecular formula is C12H13NO. The van der Waals surface area contributed by atoms with Gasteiger partial charge >= 0.3 is 0 Å². The Morgan fingerprint density at radius 2 is 2.21 bits per heavy atom. The third-order valence-electron chi connectivity index (χ3n) is 3.14. The van der Waals surface area contributed by atoms with Crippen LogP contribution < -0.4 is 0 Å². The van der Waals surface area contributed by atoms with Crippen molar-refractivity contribution in [1.82, 2.24) is 5.16 Å². The fourth-order valence-corrected chi connectivity index (χ4v) is 2.43. The van der Waals surface area contributed by atoms with Crippen LogP contribution in [-0.2, 0) is 12.8 Å². The molecule has 14 heavy (non-hydrogen) atoms. The third kappa shape index (κ3) is 0.939. The van der Waals surface area contributed by atoms with Gasteiger partial charge in [-0.25, -0.2) is 0 Å². The van der Waals surface area contributed by atoms with E-state index in [9.17, 15) is 0 Å². The predicted octanol–water partition coefficient (Wildman–Crippen LogP) is 2.87. The summed E-state index contributed by atoms with van der Waals surface area (Å²) in [5.74, 6) is 0.751. The average Bonchev–Trinajstić information content (AvgIpc) is 2.68. The summed E-state index contributed by atoms with van der Waals surface area (Å²) in [5, 5.41) is 5.20. The number of rotatable bonds is 0. The summed E-state index contributed by atoms with van der Waals surface area (Å²) in [4.78, 5) is 0. The summed E-state index contributed by atoms with van der Waals surface area (Å²) in [6.07, 6.45) is 2.33. The second kappa shape index (κ2) is 2.59. The Morgan fingerprint density at radius 3 is 3.07 bits per heavy atom. The highest BCUT2D eigenvalue weighted by Gasteiger charge is 2.22. The second-order valence-electron chi connectivity index (χ2n) is 4.36. The summed E-state index contributed by atoms with van der Waals surface area (Å²) in [7, 11) is 0. The van der Waals surface area contributed by atoms with Crippen LogP contribution in [0.3, 0.4) is 0 Å². The van der Waals surface area contributed by atoms with E-state index in [0.29, 0.717) is 0 Å². The number of aromatic nitrogens is 1. The van der Waals surface area contributed by atoms with Gasteiger partial charge in [0, 0.05) is 10.9 Å². The van der Waals surface area contributed by atoms with E-state index in [0.717, 1.165) is 23.6 Å². The van der Waals surface area contributed by atoms with Crippen LogP contribution >= 0.6 is 0 Å². The molecule has 1 aromatic heterocycles. The number of hydrogen-bond acceptors (Lipinski definition) is 2. The maximum absolute atomic E-state index is 5.39. The molecule has 0 radical (unpaired) electrons. The fraction of sp³-hybridized carbons (Fsp3) is 0.417. The van der Waals surface area contributed by atoms with Crippen molar-refractivity contribution >= 4 is 11.0 Å². The minimum absolute atomic E-state index is 0.751. The van der Waals surface area contributed by atoms with E-state index in [2.05, 4.69) is 24.2 Å². The van der Waals surface area contributed by atoms with E-state index in [1.54, 1.807) is 0 Å².